The van der Waals surface area contributed by atoms with E-state index >= 15 is 0 Å². The first-order valence-corrected chi connectivity index (χ1v) is 7.65. The van der Waals surface area contributed by atoms with E-state index in [-0.39, 0.29) is 5.70 Å². The molecule has 1 aliphatic heterocycles. The van der Waals surface area contributed by atoms with Gasteiger partial charge in [0, 0.05) is 16.8 Å². The molecule has 2 atom stereocenters. The minimum absolute atomic E-state index is 0.237. The van der Waals surface area contributed by atoms with Crippen LogP contribution in [0.3, 0.4) is 0 Å². The molecule has 1 saturated heterocycles. The van der Waals surface area contributed by atoms with Crippen LogP contribution >= 0.6 is 11.6 Å². The zero-order chi connectivity index (χ0) is 17.9. The van der Waals surface area contributed by atoms with Gasteiger partial charge >= 0.3 is 12.0 Å². The number of urea groups is 1. The molecule has 0 aliphatic carbocycles. The number of esters is 1. The van der Waals surface area contributed by atoms with Gasteiger partial charge in [-0.25, -0.2) is 4.79 Å². The summed E-state index contributed by atoms with van der Waals surface area (Å²) in [6.07, 6.45) is 0. The van der Waals surface area contributed by atoms with Gasteiger partial charge in [-0.3, -0.25) is 4.79 Å². The molecule has 0 saturated carbocycles. The quantitative estimate of drug-likeness (QED) is 0.793. The van der Waals surface area contributed by atoms with Crippen LogP contribution in [0.1, 0.15) is 18.5 Å². The van der Waals surface area contributed by atoms with E-state index in [1.165, 1.54) is 14.2 Å². The predicted octanol–water partition coefficient (Wildman–Crippen LogP) is 2.40. The Morgan fingerprint density at radius 2 is 2.04 bits per heavy atom. The Morgan fingerprint density at radius 1 is 1.33 bits per heavy atom. The van der Waals surface area contributed by atoms with E-state index in [4.69, 9.17) is 25.8 Å². The summed E-state index contributed by atoms with van der Waals surface area (Å²) in [4.78, 5) is 24.0. The lowest BCUT2D eigenvalue weighted by molar-refractivity contribution is -0.145. The highest BCUT2D eigenvalue weighted by Crippen LogP contribution is 2.40. The molecule has 1 aromatic rings. The van der Waals surface area contributed by atoms with Crippen LogP contribution < -0.4 is 20.1 Å². The number of hydrogen-bond donors (Lipinski definition) is 2. The van der Waals surface area contributed by atoms with Gasteiger partial charge in [-0.1, -0.05) is 18.2 Å². The molecule has 1 aliphatic rings. The van der Waals surface area contributed by atoms with Crippen molar-refractivity contribution in [1.29, 1.82) is 0 Å². The molecule has 0 spiro atoms. The highest BCUT2D eigenvalue weighted by molar-refractivity contribution is 6.31. The molecule has 2 N–H and O–H groups in total. The Morgan fingerprint density at radius 3 is 2.62 bits per heavy atom. The van der Waals surface area contributed by atoms with E-state index in [2.05, 4.69) is 17.2 Å². The van der Waals surface area contributed by atoms with Crippen LogP contribution in [-0.2, 0) is 9.53 Å². The van der Waals surface area contributed by atoms with Crippen LogP contribution in [0.5, 0.6) is 11.5 Å². The summed E-state index contributed by atoms with van der Waals surface area (Å²) in [6, 6.07) is 2.00. The maximum Gasteiger partial charge on any atom is 0.319 e. The Bertz CT molecular complexity index is 677. The van der Waals surface area contributed by atoms with Crippen LogP contribution in [0.2, 0.25) is 5.02 Å². The normalized spacial score (nSPS) is 20.0. The number of halogens is 1. The summed E-state index contributed by atoms with van der Waals surface area (Å²) in [7, 11) is 2.77. The van der Waals surface area contributed by atoms with Crippen LogP contribution in [-0.4, -0.2) is 32.8 Å². The number of hydrogen-bond acceptors (Lipinski definition) is 5. The molecule has 7 nitrogen and oxygen atoms in total. The van der Waals surface area contributed by atoms with Crippen LogP contribution in [0.15, 0.2) is 24.4 Å². The van der Waals surface area contributed by atoms with Gasteiger partial charge in [0.15, 0.2) is 11.5 Å². The van der Waals surface area contributed by atoms with E-state index < -0.39 is 24.0 Å². The monoisotopic (exact) mass is 354 g/mol. The number of carbonyl (C=O) groups excluding carboxylic acids is 2. The molecule has 0 bridgehead atoms. The minimum Gasteiger partial charge on any atom is -0.493 e. The molecule has 1 heterocycles. The fraction of sp³-hybridized carbons (Fsp3) is 0.375. The molecule has 2 rings (SSSR count). The third-order valence-electron chi connectivity index (χ3n) is 3.64. The van der Waals surface area contributed by atoms with Crippen LogP contribution in [0, 0.1) is 5.92 Å². The number of ether oxygens (including phenoxy) is 3. The highest BCUT2D eigenvalue weighted by atomic mass is 35.5. The lowest BCUT2D eigenvalue weighted by atomic mass is 9.88. The van der Waals surface area contributed by atoms with Crippen molar-refractivity contribution in [3.8, 4) is 11.5 Å². The lowest BCUT2D eigenvalue weighted by Gasteiger charge is -2.33. The molecular weight excluding hydrogens is 336 g/mol. The fourth-order valence-corrected chi connectivity index (χ4v) is 2.84. The first-order chi connectivity index (χ1) is 11.4. The van der Waals surface area contributed by atoms with Gasteiger partial charge in [0.05, 0.1) is 26.9 Å². The maximum absolute atomic E-state index is 12.1. The van der Waals surface area contributed by atoms with Gasteiger partial charge in [0.1, 0.15) is 5.92 Å². The molecule has 1 aromatic carbocycles. The van der Waals surface area contributed by atoms with E-state index in [1.807, 2.05) is 6.92 Å². The van der Waals surface area contributed by atoms with Crippen molar-refractivity contribution >= 4 is 23.6 Å². The summed E-state index contributed by atoms with van der Waals surface area (Å²) >= 11 is 6.33. The van der Waals surface area contributed by atoms with Crippen molar-refractivity contribution in [2.75, 3.05) is 20.8 Å². The van der Waals surface area contributed by atoms with Crippen LogP contribution in [0.4, 0.5) is 4.79 Å². The zero-order valence-corrected chi connectivity index (χ0v) is 14.4. The van der Waals surface area contributed by atoms with E-state index in [9.17, 15) is 9.59 Å². The van der Waals surface area contributed by atoms with Gasteiger partial charge in [0.2, 0.25) is 0 Å². The Balaban J connectivity index is 2.53. The molecule has 24 heavy (non-hydrogen) atoms. The number of rotatable bonds is 5. The number of benzene rings is 1. The Labute approximate surface area is 144 Å². The Kier molecular flexibility index (Phi) is 5.56. The maximum atomic E-state index is 12.1. The fourth-order valence-electron chi connectivity index (χ4n) is 2.57. The average molecular weight is 355 g/mol. The topological polar surface area (TPSA) is 85.9 Å². The van der Waals surface area contributed by atoms with Crippen molar-refractivity contribution < 1.29 is 23.8 Å². The summed E-state index contributed by atoms with van der Waals surface area (Å²) in [5.41, 5.74) is 0.743. The molecule has 130 valence electrons. The number of amides is 2. The van der Waals surface area contributed by atoms with Crippen molar-refractivity contribution in [3.05, 3.63) is 35.0 Å². The zero-order valence-electron chi connectivity index (χ0n) is 13.6. The molecule has 8 heteroatoms. The third-order valence-corrected chi connectivity index (χ3v) is 3.97. The van der Waals surface area contributed by atoms with Crippen molar-refractivity contribution in [3.63, 3.8) is 0 Å². The SMILES string of the molecule is C=C1NC(=O)N[C@@H](c2cc(OCC)c(OC)cc2Cl)[C@H]1C(=O)OC. The largest absolute Gasteiger partial charge is 0.493 e. The van der Waals surface area contributed by atoms with Crippen molar-refractivity contribution in [1.82, 2.24) is 10.6 Å². The van der Waals surface area contributed by atoms with Gasteiger partial charge in [0.25, 0.3) is 0 Å². The smallest absolute Gasteiger partial charge is 0.319 e. The molecule has 1 fully saturated rings. The molecule has 0 radical (unpaired) electrons. The second kappa shape index (κ2) is 7.44. The summed E-state index contributed by atoms with van der Waals surface area (Å²) in [5.74, 6) is -0.448. The number of nitrogens with one attached hydrogen (secondary N) is 2. The van der Waals surface area contributed by atoms with Gasteiger partial charge in [-0.05, 0) is 18.6 Å². The summed E-state index contributed by atoms with van der Waals surface area (Å²) in [5, 5.41) is 5.49. The van der Waals surface area contributed by atoms with E-state index in [0.29, 0.717) is 28.7 Å². The van der Waals surface area contributed by atoms with Crippen molar-refractivity contribution in [2.24, 2.45) is 5.92 Å². The first-order valence-electron chi connectivity index (χ1n) is 7.27. The van der Waals surface area contributed by atoms with E-state index in [0.717, 1.165) is 0 Å². The third kappa shape index (κ3) is 3.41. The molecule has 2 amide bonds. The summed E-state index contributed by atoms with van der Waals surface area (Å²) < 4.78 is 15.6. The van der Waals surface area contributed by atoms with Gasteiger partial charge < -0.3 is 24.8 Å². The van der Waals surface area contributed by atoms with Crippen molar-refractivity contribution in [2.45, 2.75) is 13.0 Å². The number of methoxy groups -OCH3 is 2. The average Bonchev–Trinajstić information content (AvgIpc) is 2.54. The molecule has 0 aromatic heterocycles. The first kappa shape index (κ1) is 17.9. The minimum atomic E-state index is -0.826. The predicted molar refractivity (Wildman–Crippen MR) is 88.2 cm³/mol. The second-order valence-electron chi connectivity index (χ2n) is 5.06. The lowest BCUT2D eigenvalue weighted by Crippen LogP contribution is -2.51. The van der Waals surface area contributed by atoms with Crippen LogP contribution in [0.25, 0.3) is 0 Å². The number of carbonyl (C=O) groups is 2. The second-order valence-corrected chi connectivity index (χ2v) is 5.47. The highest BCUT2D eigenvalue weighted by Gasteiger charge is 2.39. The standard InChI is InChI=1S/C16H19ClN2O5/c1-5-24-12-6-9(10(17)7-11(12)22-3)14-13(15(20)23-4)8(2)18-16(21)19-14/h6-7,13-14H,2,5H2,1,3-4H3,(H2,18,19,21)/t13-,14-/m0/s1. The van der Waals surface area contributed by atoms with Gasteiger partial charge in [-0.2, -0.15) is 0 Å². The Hall–Kier alpha value is -2.41. The summed E-state index contributed by atoms with van der Waals surface area (Å²) in [6.45, 7) is 5.99. The molecular formula is C16H19ClN2O5. The van der Waals surface area contributed by atoms with E-state index in [1.54, 1.807) is 12.1 Å². The molecule has 0 unspecified atom stereocenters. The van der Waals surface area contributed by atoms with Gasteiger partial charge in [-0.15, -0.1) is 0 Å².